The molecule has 1 aromatic rings. The molecule has 4 bridgehead atoms. The second-order valence-corrected chi connectivity index (χ2v) is 17.4. The maximum atomic E-state index is 13.4. The van der Waals surface area contributed by atoms with E-state index < -0.39 is 46.4 Å². The first-order chi connectivity index (χ1) is 25.2. The van der Waals surface area contributed by atoms with Crippen molar-refractivity contribution in [3.63, 3.8) is 0 Å². The SMILES string of the molecule is CN1CC[C@]23C4=C5O[C@H]2[C@@H](O)C=C[C@H]3[C@H]1CC4=C(CO)C1(Cc2c3c(c4c6c2C[C@@H]2[C@@H]7C=C[C@H](O)[C@H](O4)[C@]67CCN2C)OCOC3)COCOC51O. The standard InChI is InChI=1S/C40H46N2O10/c1-41-9-7-38-23-3-5-28(44)34(38)51-33-30(38)19(11-26(23)41)21(22-15-47-17-49-32(22)33)13-37-16-48-18-50-40(37,46)36-31-20(25(37)14-43)12-27-24-4-6-29(45)35(52-36)39(24,31)8-10-42(27)2/h3-6,23-24,26-29,34-35,43-46H,7-18H2,1-2H3/t23-,24-,26+,27+,28-,29-,34-,35-,37?,38-,39-,40?/m0/s1. The van der Waals surface area contributed by atoms with Gasteiger partial charge in [0.25, 0.3) is 0 Å². The maximum absolute atomic E-state index is 13.4. The van der Waals surface area contributed by atoms with Gasteiger partial charge in [-0.25, -0.2) is 0 Å². The second-order valence-electron chi connectivity index (χ2n) is 17.4. The number of fused-ring (bicyclic) bond motifs is 4. The van der Waals surface area contributed by atoms with E-state index in [1.165, 1.54) is 0 Å². The summed E-state index contributed by atoms with van der Waals surface area (Å²) >= 11 is 0. The van der Waals surface area contributed by atoms with Gasteiger partial charge in [-0.15, -0.1) is 0 Å². The Morgan fingerprint density at radius 3 is 2.31 bits per heavy atom. The Morgan fingerprint density at radius 1 is 0.827 bits per heavy atom. The van der Waals surface area contributed by atoms with Gasteiger partial charge in [0.15, 0.2) is 30.8 Å². The zero-order chi connectivity index (χ0) is 35.1. The molecule has 1 saturated carbocycles. The Bertz CT molecular complexity index is 1960. The van der Waals surface area contributed by atoms with E-state index >= 15 is 0 Å². The molecule has 6 aliphatic heterocycles. The second kappa shape index (κ2) is 10.1. The van der Waals surface area contributed by atoms with Gasteiger partial charge in [-0.05, 0) is 81.6 Å². The van der Waals surface area contributed by atoms with Crippen LogP contribution in [0.2, 0.25) is 0 Å². The Balaban J connectivity index is 1.11. The zero-order valence-corrected chi connectivity index (χ0v) is 29.5. The highest BCUT2D eigenvalue weighted by Crippen LogP contribution is 2.71. The van der Waals surface area contributed by atoms with Gasteiger partial charge in [0.05, 0.1) is 25.2 Å². The average molecular weight is 715 g/mol. The molecule has 3 saturated heterocycles. The molecule has 276 valence electrons. The Labute approximate surface area is 301 Å². The summed E-state index contributed by atoms with van der Waals surface area (Å²) in [6.45, 7) is 1.76. The number of aliphatic hydroxyl groups is 4. The lowest BCUT2D eigenvalue weighted by Crippen LogP contribution is -2.65. The molecular weight excluding hydrogens is 668 g/mol. The van der Waals surface area contributed by atoms with Crippen molar-refractivity contribution in [1.82, 2.24) is 9.80 Å². The van der Waals surface area contributed by atoms with Gasteiger partial charge in [-0.1, -0.05) is 24.3 Å². The third-order valence-corrected chi connectivity index (χ3v) is 15.9. The van der Waals surface area contributed by atoms with E-state index in [1.54, 1.807) is 0 Å². The van der Waals surface area contributed by atoms with Crippen LogP contribution in [0.5, 0.6) is 11.5 Å². The molecule has 2 spiro atoms. The molecule has 11 aliphatic rings. The van der Waals surface area contributed by atoms with Gasteiger partial charge in [0.1, 0.15) is 24.4 Å². The Morgan fingerprint density at radius 2 is 1.54 bits per heavy atom. The van der Waals surface area contributed by atoms with Crippen LogP contribution in [0.15, 0.2) is 46.8 Å². The van der Waals surface area contributed by atoms with Crippen molar-refractivity contribution in [2.24, 2.45) is 22.7 Å². The molecule has 4 fully saturated rings. The summed E-state index contributed by atoms with van der Waals surface area (Å²) in [7, 11) is 4.34. The van der Waals surface area contributed by atoms with Crippen molar-refractivity contribution in [3.8, 4) is 11.5 Å². The van der Waals surface area contributed by atoms with E-state index in [2.05, 4.69) is 36.0 Å². The van der Waals surface area contributed by atoms with E-state index in [1.807, 2.05) is 12.2 Å². The molecule has 5 aliphatic carbocycles. The summed E-state index contributed by atoms with van der Waals surface area (Å²) in [4.78, 5) is 4.84. The number of benzene rings is 1. The minimum absolute atomic E-state index is 0.0854. The number of hydrogen-bond acceptors (Lipinski definition) is 12. The number of likely N-dealkylation sites (tertiary alicyclic amines) is 2. The molecule has 1 aromatic carbocycles. The predicted molar refractivity (Wildman–Crippen MR) is 182 cm³/mol. The molecule has 6 heterocycles. The third-order valence-electron chi connectivity index (χ3n) is 15.9. The Kier molecular flexibility index (Phi) is 6.12. The third kappa shape index (κ3) is 3.29. The molecule has 12 atom stereocenters. The molecule has 12 nitrogen and oxygen atoms in total. The van der Waals surface area contributed by atoms with Crippen molar-refractivity contribution in [1.29, 1.82) is 0 Å². The Hall–Kier alpha value is -2.78. The van der Waals surface area contributed by atoms with Crippen LogP contribution in [0, 0.1) is 22.7 Å². The lowest BCUT2D eigenvalue weighted by atomic mass is 9.48. The van der Waals surface area contributed by atoms with Crippen molar-refractivity contribution < 1.29 is 48.8 Å². The van der Waals surface area contributed by atoms with Crippen LogP contribution in [0.1, 0.15) is 41.5 Å². The monoisotopic (exact) mass is 714 g/mol. The number of likely N-dealkylation sites (N-methyl/N-ethyl adjacent to an activating group) is 1. The summed E-state index contributed by atoms with van der Waals surface area (Å²) in [5.41, 5.74) is 4.50. The fourth-order valence-corrected chi connectivity index (χ4v) is 13.7. The molecule has 2 unspecified atom stereocenters. The molecule has 4 N–H and O–H groups in total. The summed E-state index contributed by atoms with van der Waals surface area (Å²) in [6, 6.07) is 0.314. The zero-order valence-electron chi connectivity index (χ0n) is 29.5. The van der Waals surface area contributed by atoms with Gasteiger partial charge in [0, 0.05) is 51.4 Å². The topological polar surface area (TPSA) is 143 Å². The van der Waals surface area contributed by atoms with Gasteiger partial charge >= 0.3 is 0 Å². The number of hydrogen-bond donors (Lipinski definition) is 4. The van der Waals surface area contributed by atoms with Crippen molar-refractivity contribution in [2.75, 3.05) is 54.0 Å². The highest BCUT2D eigenvalue weighted by molar-refractivity contribution is 5.69. The van der Waals surface area contributed by atoms with Crippen molar-refractivity contribution >= 4 is 0 Å². The molecule has 12 heteroatoms. The first kappa shape index (κ1) is 31.6. The van der Waals surface area contributed by atoms with Crippen LogP contribution in [0.4, 0.5) is 0 Å². The van der Waals surface area contributed by atoms with Crippen molar-refractivity contribution in [2.45, 2.75) is 86.4 Å². The van der Waals surface area contributed by atoms with Crippen molar-refractivity contribution in [3.05, 3.63) is 69.0 Å². The lowest BCUT2D eigenvalue weighted by molar-refractivity contribution is -0.340. The molecular formula is C40H46N2O10. The minimum atomic E-state index is -1.98. The van der Waals surface area contributed by atoms with E-state index in [4.69, 9.17) is 28.4 Å². The van der Waals surface area contributed by atoms with E-state index in [9.17, 15) is 20.4 Å². The minimum Gasteiger partial charge on any atom is -0.485 e. The number of nitrogens with zero attached hydrogens (tertiary/aromatic N) is 2. The fraction of sp³-hybridized carbons (Fsp3) is 0.650. The molecule has 0 amide bonds. The van der Waals surface area contributed by atoms with E-state index in [0.29, 0.717) is 35.9 Å². The summed E-state index contributed by atoms with van der Waals surface area (Å²) in [5.74, 6) is 0.00820. The van der Waals surface area contributed by atoms with Gasteiger partial charge in [0.2, 0.25) is 5.79 Å². The van der Waals surface area contributed by atoms with Crippen LogP contribution < -0.4 is 9.47 Å². The van der Waals surface area contributed by atoms with E-state index in [-0.39, 0.29) is 57.1 Å². The van der Waals surface area contributed by atoms with Crippen LogP contribution in [-0.4, -0.2) is 126 Å². The van der Waals surface area contributed by atoms with E-state index in [0.717, 1.165) is 65.8 Å². The quantitative estimate of drug-likeness (QED) is 0.334. The lowest BCUT2D eigenvalue weighted by Gasteiger charge is -2.60. The highest BCUT2D eigenvalue weighted by Gasteiger charge is 2.74. The number of rotatable bonds is 3. The van der Waals surface area contributed by atoms with Crippen LogP contribution in [0.3, 0.4) is 0 Å². The highest BCUT2D eigenvalue weighted by atomic mass is 16.7. The number of ether oxygens (including phenoxy) is 6. The number of aliphatic hydroxyl groups excluding tert-OH is 3. The van der Waals surface area contributed by atoms with Crippen LogP contribution >= 0.6 is 0 Å². The average Bonchev–Trinajstić information content (AvgIpc) is 3.69. The first-order valence-electron chi connectivity index (χ1n) is 19.1. The van der Waals surface area contributed by atoms with Gasteiger partial charge in [-0.3, -0.25) is 0 Å². The normalized spacial score (nSPS) is 47.3. The molecule has 0 radical (unpaired) electrons. The smallest absolute Gasteiger partial charge is 0.239 e. The molecule has 0 aromatic heterocycles. The predicted octanol–water partition coefficient (Wildman–Crippen LogP) is 1.18. The number of piperidine rings is 2. The first-order valence-corrected chi connectivity index (χ1v) is 19.1. The molecule has 52 heavy (non-hydrogen) atoms. The summed E-state index contributed by atoms with van der Waals surface area (Å²) in [6.07, 6.45) is 8.78. The van der Waals surface area contributed by atoms with Gasteiger partial charge < -0.3 is 58.6 Å². The largest absolute Gasteiger partial charge is 0.485 e. The molecule has 12 rings (SSSR count). The fourth-order valence-electron chi connectivity index (χ4n) is 13.7. The van der Waals surface area contributed by atoms with Crippen LogP contribution in [-0.2, 0) is 43.8 Å². The summed E-state index contributed by atoms with van der Waals surface area (Å²) < 4.78 is 38.8. The summed E-state index contributed by atoms with van der Waals surface area (Å²) in [5, 5.41) is 48.0. The maximum Gasteiger partial charge on any atom is 0.239 e. The van der Waals surface area contributed by atoms with Crippen LogP contribution in [0.25, 0.3) is 0 Å². The van der Waals surface area contributed by atoms with Gasteiger partial charge in [-0.2, -0.15) is 0 Å².